The highest BCUT2D eigenvalue weighted by molar-refractivity contribution is 5.97. The first-order valence-corrected chi connectivity index (χ1v) is 14.5. The number of esters is 1. The van der Waals surface area contributed by atoms with E-state index < -0.39 is 5.60 Å². The van der Waals surface area contributed by atoms with Gasteiger partial charge in [-0.25, -0.2) is 4.79 Å². The maximum atomic E-state index is 13.3. The predicted molar refractivity (Wildman–Crippen MR) is 166 cm³/mol. The topological polar surface area (TPSA) is 50.8 Å². The summed E-state index contributed by atoms with van der Waals surface area (Å²) in [5.41, 5.74) is 7.65. The molecule has 0 aromatic heterocycles. The third-order valence-corrected chi connectivity index (χ3v) is 7.99. The molecule has 41 heavy (non-hydrogen) atoms. The first-order valence-electron chi connectivity index (χ1n) is 14.5. The van der Waals surface area contributed by atoms with E-state index in [1.807, 2.05) is 56.6 Å². The lowest BCUT2D eigenvalue weighted by Crippen LogP contribution is -2.33. The fourth-order valence-corrected chi connectivity index (χ4v) is 6.18. The molecule has 0 radical (unpaired) electrons. The van der Waals surface area contributed by atoms with Crippen molar-refractivity contribution in [3.05, 3.63) is 112 Å². The van der Waals surface area contributed by atoms with Crippen LogP contribution in [0.25, 0.3) is 0 Å². The van der Waals surface area contributed by atoms with Crippen molar-refractivity contribution >= 4 is 23.0 Å². The van der Waals surface area contributed by atoms with Gasteiger partial charge >= 0.3 is 5.97 Å². The van der Waals surface area contributed by atoms with E-state index in [9.17, 15) is 4.79 Å². The molecule has 4 aromatic carbocycles. The number of hydrogen-bond donors (Lipinski definition) is 1. The molecule has 210 valence electrons. The van der Waals surface area contributed by atoms with Crippen LogP contribution in [0.3, 0.4) is 0 Å². The van der Waals surface area contributed by atoms with E-state index in [-0.39, 0.29) is 5.97 Å². The van der Waals surface area contributed by atoms with E-state index in [0.29, 0.717) is 23.1 Å². The molecule has 2 heterocycles. The van der Waals surface area contributed by atoms with E-state index in [1.54, 1.807) is 0 Å². The molecule has 0 bridgehead atoms. The fourth-order valence-electron chi connectivity index (χ4n) is 6.18. The van der Waals surface area contributed by atoms with Crippen LogP contribution in [-0.2, 0) is 23.2 Å². The predicted octanol–water partition coefficient (Wildman–Crippen LogP) is 8.46. The number of carbonyl (C=O) groups excluding carboxylic acids is 1. The molecule has 0 amide bonds. The summed E-state index contributed by atoms with van der Waals surface area (Å²) >= 11 is 0. The Morgan fingerprint density at radius 2 is 1.46 bits per heavy atom. The molecule has 0 aliphatic carbocycles. The zero-order valence-electron chi connectivity index (χ0n) is 24.7. The smallest absolute Gasteiger partial charge is 0.340 e. The molecule has 2 aliphatic rings. The van der Waals surface area contributed by atoms with Crippen LogP contribution in [-0.4, -0.2) is 20.1 Å². The lowest BCUT2D eigenvalue weighted by molar-refractivity contribution is 0.0223. The number of nitrogens with one attached hydrogen (secondary N) is 1. The number of nitrogens with zero attached hydrogens (tertiary/aromatic N) is 1. The minimum Gasteiger partial charge on any atom is -0.456 e. The summed E-state index contributed by atoms with van der Waals surface area (Å²) in [5.74, 6) is 2.15. The van der Waals surface area contributed by atoms with Crippen molar-refractivity contribution < 1.29 is 14.3 Å². The van der Waals surface area contributed by atoms with Gasteiger partial charge in [0, 0.05) is 53.9 Å². The van der Waals surface area contributed by atoms with Crippen LogP contribution in [0.5, 0.6) is 11.5 Å². The molecule has 4 aromatic rings. The normalized spacial score (nSPS) is 16.7. The molecule has 0 saturated heterocycles. The first-order chi connectivity index (χ1) is 19.7. The Morgan fingerprint density at radius 3 is 2.17 bits per heavy atom. The number of rotatable bonds is 7. The second-order valence-electron chi connectivity index (χ2n) is 12.3. The Kier molecular flexibility index (Phi) is 6.77. The molecular formula is C36H38N2O3. The molecule has 2 aliphatic heterocycles. The van der Waals surface area contributed by atoms with Gasteiger partial charge in [-0.05, 0) is 78.3 Å². The van der Waals surface area contributed by atoms with E-state index in [1.165, 1.54) is 11.1 Å². The van der Waals surface area contributed by atoms with Gasteiger partial charge in [0.25, 0.3) is 0 Å². The average Bonchev–Trinajstić information content (AvgIpc) is 3.22. The fraction of sp³-hybridized carbons (Fsp3) is 0.306. The Labute approximate surface area is 243 Å². The van der Waals surface area contributed by atoms with Crippen LogP contribution < -0.4 is 15.0 Å². The Balaban J connectivity index is 1.53. The summed E-state index contributed by atoms with van der Waals surface area (Å²) < 4.78 is 13.3. The van der Waals surface area contributed by atoms with Gasteiger partial charge in [0.2, 0.25) is 0 Å². The number of hydrogen-bond acceptors (Lipinski definition) is 5. The molecule has 1 atom stereocenters. The van der Waals surface area contributed by atoms with Crippen molar-refractivity contribution in [1.82, 2.24) is 0 Å². The van der Waals surface area contributed by atoms with Crippen LogP contribution in [0.2, 0.25) is 0 Å². The highest BCUT2D eigenvalue weighted by atomic mass is 16.6. The second kappa shape index (κ2) is 10.3. The molecule has 0 saturated carbocycles. The summed E-state index contributed by atoms with van der Waals surface area (Å²) in [5, 5.41) is 3.53. The monoisotopic (exact) mass is 546 g/mol. The highest BCUT2D eigenvalue weighted by Gasteiger charge is 2.54. The molecule has 0 fully saturated rings. The van der Waals surface area contributed by atoms with Gasteiger partial charge in [0.15, 0.2) is 5.60 Å². The molecule has 5 nitrogen and oxygen atoms in total. The molecular weight excluding hydrogens is 508 g/mol. The Morgan fingerprint density at radius 1 is 0.780 bits per heavy atom. The zero-order valence-corrected chi connectivity index (χ0v) is 24.7. The molecule has 1 unspecified atom stereocenters. The first kappa shape index (κ1) is 26.9. The summed E-state index contributed by atoms with van der Waals surface area (Å²) in [6, 6.07) is 26.5. The van der Waals surface area contributed by atoms with Gasteiger partial charge in [-0.2, -0.15) is 0 Å². The van der Waals surface area contributed by atoms with E-state index in [4.69, 9.17) is 9.47 Å². The Hall–Kier alpha value is -4.25. The van der Waals surface area contributed by atoms with Gasteiger partial charge in [0.1, 0.15) is 11.5 Å². The van der Waals surface area contributed by atoms with E-state index in [2.05, 4.69) is 74.3 Å². The van der Waals surface area contributed by atoms with E-state index in [0.717, 1.165) is 52.3 Å². The van der Waals surface area contributed by atoms with Gasteiger partial charge in [-0.1, -0.05) is 58.0 Å². The highest BCUT2D eigenvalue weighted by Crippen LogP contribution is 2.57. The zero-order chi connectivity index (χ0) is 28.9. The van der Waals surface area contributed by atoms with Crippen molar-refractivity contribution in [3.8, 4) is 11.5 Å². The summed E-state index contributed by atoms with van der Waals surface area (Å²) in [7, 11) is 4.07. The SMILES string of the molecule is CC(C)Cc1ccc2c(c1CC(C)C)Oc1cc(Nc3ccc(N(C)C)cc3)ccc1C21OC(=O)c2ccccc21. The number of benzene rings is 4. The van der Waals surface area contributed by atoms with Crippen LogP contribution >= 0.6 is 0 Å². The minimum absolute atomic E-state index is 0.306. The quantitative estimate of drug-likeness (QED) is 0.236. The second-order valence-corrected chi connectivity index (χ2v) is 12.3. The van der Waals surface area contributed by atoms with Crippen LogP contribution in [0.4, 0.5) is 17.1 Å². The molecule has 5 heteroatoms. The lowest BCUT2D eigenvalue weighted by atomic mass is 9.75. The maximum Gasteiger partial charge on any atom is 0.340 e. The Bertz CT molecular complexity index is 1620. The van der Waals surface area contributed by atoms with Crippen molar-refractivity contribution in [1.29, 1.82) is 0 Å². The molecule has 6 rings (SSSR count). The molecule has 1 spiro atoms. The lowest BCUT2D eigenvalue weighted by Gasteiger charge is -2.38. The van der Waals surface area contributed by atoms with Crippen molar-refractivity contribution in [3.63, 3.8) is 0 Å². The number of ether oxygens (including phenoxy) is 2. The van der Waals surface area contributed by atoms with Crippen LogP contribution in [0, 0.1) is 11.8 Å². The summed E-state index contributed by atoms with van der Waals surface area (Å²) in [6.45, 7) is 8.96. The van der Waals surface area contributed by atoms with Gasteiger partial charge < -0.3 is 19.7 Å². The third-order valence-electron chi connectivity index (χ3n) is 7.99. The molecule has 1 N–H and O–H groups in total. The maximum absolute atomic E-state index is 13.3. The largest absolute Gasteiger partial charge is 0.456 e. The number of anilines is 3. The average molecular weight is 547 g/mol. The van der Waals surface area contributed by atoms with Crippen LogP contribution in [0.1, 0.15) is 65.9 Å². The van der Waals surface area contributed by atoms with Gasteiger partial charge in [-0.3, -0.25) is 0 Å². The van der Waals surface area contributed by atoms with Crippen molar-refractivity contribution in [2.75, 3.05) is 24.3 Å². The number of carbonyl (C=O) groups is 1. The standard InChI is InChI=1S/C36H38N2O3/c1-22(2)19-24-11-17-32-34(29(24)20-23(3)4)40-33-21-26(37-25-12-15-27(16-13-25)38(5)6)14-18-31(33)36(32)30-10-8-7-9-28(30)35(39)41-36/h7-18,21-23,37H,19-20H2,1-6H3. The van der Waals surface area contributed by atoms with Crippen LogP contribution in [0.15, 0.2) is 78.9 Å². The third kappa shape index (κ3) is 4.63. The van der Waals surface area contributed by atoms with Crippen molar-refractivity contribution in [2.24, 2.45) is 11.8 Å². The summed E-state index contributed by atoms with van der Waals surface area (Å²) in [4.78, 5) is 15.4. The number of fused-ring (bicyclic) bond motifs is 6. The van der Waals surface area contributed by atoms with Gasteiger partial charge in [-0.15, -0.1) is 0 Å². The van der Waals surface area contributed by atoms with Crippen molar-refractivity contribution in [2.45, 2.75) is 46.1 Å². The van der Waals surface area contributed by atoms with E-state index >= 15 is 0 Å². The van der Waals surface area contributed by atoms with Gasteiger partial charge in [0.05, 0.1) is 5.56 Å². The summed E-state index contributed by atoms with van der Waals surface area (Å²) in [6.07, 6.45) is 1.84. The minimum atomic E-state index is -1.06.